The Labute approximate surface area is 90.1 Å². The molecule has 0 amide bonds. The lowest BCUT2D eigenvalue weighted by atomic mass is 10.2. The first-order valence-electron chi connectivity index (χ1n) is 4.76. The number of aromatic nitrogens is 1. The standard InChI is InChI=1S/C11H10BrNO/c12-11-7-5-9(6-1-2-6)13-8(7)3-4-10(11)14/h3-6,13-14H,1-2H2. The van der Waals surface area contributed by atoms with Crippen molar-refractivity contribution in [3.8, 4) is 5.75 Å². The monoisotopic (exact) mass is 251 g/mol. The second-order valence-electron chi connectivity index (χ2n) is 3.86. The van der Waals surface area contributed by atoms with Crippen molar-refractivity contribution in [1.29, 1.82) is 0 Å². The van der Waals surface area contributed by atoms with Gasteiger partial charge >= 0.3 is 0 Å². The average Bonchev–Trinajstić information content (AvgIpc) is 2.93. The van der Waals surface area contributed by atoms with Crippen LogP contribution in [0.2, 0.25) is 0 Å². The Morgan fingerprint density at radius 1 is 1.36 bits per heavy atom. The molecule has 1 saturated carbocycles. The molecule has 1 heterocycles. The first kappa shape index (κ1) is 8.36. The van der Waals surface area contributed by atoms with Gasteiger partial charge in [0.1, 0.15) is 5.75 Å². The SMILES string of the molecule is Oc1ccc2[nH]c(C3CC3)cc2c1Br. The molecule has 1 aliphatic carbocycles. The lowest BCUT2D eigenvalue weighted by Gasteiger charge is -1.96. The Bertz CT molecular complexity index is 499. The van der Waals surface area contributed by atoms with E-state index >= 15 is 0 Å². The Kier molecular flexibility index (Phi) is 1.65. The normalized spacial score (nSPS) is 16.4. The van der Waals surface area contributed by atoms with Crippen LogP contribution in [0, 0.1) is 0 Å². The summed E-state index contributed by atoms with van der Waals surface area (Å²) in [6.45, 7) is 0. The van der Waals surface area contributed by atoms with Crippen molar-refractivity contribution in [3.63, 3.8) is 0 Å². The summed E-state index contributed by atoms with van der Waals surface area (Å²) in [5.74, 6) is 1.02. The number of fused-ring (bicyclic) bond motifs is 1. The van der Waals surface area contributed by atoms with E-state index in [9.17, 15) is 5.11 Å². The number of aromatic hydroxyl groups is 1. The van der Waals surface area contributed by atoms with E-state index in [1.807, 2.05) is 6.07 Å². The van der Waals surface area contributed by atoms with Crippen molar-refractivity contribution in [2.75, 3.05) is 0 Å². The molecule has 0 radical (unpaired) electrons. The molecule has 0 aliphatic heterocycles. The van der Waals surface area contributed by atoms with Gasteiger partial charge in [0.05, 0.1) is 4.47 Å². The zero-order valence-electron chi connectivity index (χ0n) is 7.55. The fourth-order valence-electron chi connectivity index (χ4n) is 1.79. The fraction of sp³-hybridized carbons (Fsp3) is 0.273. The minimum Gasteiger partial charge on any atom is -0.507 e. The summed E-state index contributed by atoms with van der Waals surface area (Å²) in [4.78, 5) is 3.38. The van der Waals surface area contributed by atoms with Gasteiger partial charge < -0.3 is 10.1 Å². The smallest absolute Gasteiger partial charge is 0.130 e. The molecule has 1 aromatic heterocycles. The van der Waals surface area contributed by atoms with Gasteiger partial charge in [-0.1, -0.05) is 0 Å². The fourth-order valence-corrected chi connectivity index (χ4v) is 2.25. The number of benzene rings is 1. The maximum atomic E-state index is 9.52. The number of phenols is 1. The molecule has 14 heavy (non-hydrogen) atoms. The van der Waals surface area contributed by atoms with Crippen molar-refractivity contribution >= 4 is 26.8 Å². The highest BCUT2D eigenvalue weighted by molar-refractivity contribution is 9.10. The van der Waals surface area contributed by atoms with Crippen molar-refractivity contribution < 1.29 is 5.11 Å². The number of nitrogens with one attached hydrogen (secondary N) is 1. The minimum absolute atomic E-state index is 0.304. The number of rotatable bonds is 1. The van der Waals surface area contributed by atoms with Crippen LogP contribution in [0.5, 0.6) is 5.75 Å². The predicted octanol–water partition coefficient (Wildman–Crippen LogP) is 3.51. The number of hydrogen-bond donors (Lipinski definition) is 2. The molecule has 1 fully saturated rings. The highest BCUT2D eigenvalue weighted by Crippen LogP contribution is 2.42. The summed E-state index contributed by atoms with van der Waals surface area (Å²) < 4.78 is 0.790. The molecule has 2 aromatic rings. The van der Waals surface area contributed by atoms with E-state index in [1.54, 1.807) is 6.07 Å². The van der Waals surface area contributed by atoms with E-state index in [0.29, 0.717) is 5.75 Å². The Morgan fingerprint density at radius 3 is 2.86 bits per heavy atom. The molecular formula is C11H10BrNO. The van der Waals surface area contributed by atoms with Gasteiger partial charge in [0, 0.05) is 16.6 Å². The maximum Gasteiger partial charge on any atom is 0.130 e. The Balaban J connectivity index is 2.26. The molecule has 0 bridgehead atoms. The number of aromatic amines is 1. The Morgan fingerprint density at radius 2 is 2.14 bits per heavy atom. The highest BCUT2D eigenvalue weighted by Gasteiger charge is 2.25. The number of H-pyrrole nitrogens is 1. The van der Waals surface area contributed by atoms with Crippen molar-refractivity contribution in [2.24, 2.45) is 0 Å². The van der Waals surface area contributed by atoms with Gasteiger partial charge in [-0.15, -0.1) is 0 Å². The second-order valence-corrected chi connectivity index (χ2v) is 4.65. The lowest BCUT2D eigenvalue weighted by molar-refractivity contribution is 0.473. The van der Waals surface area contributed by atoms with Gasteiger partial charge in [0.25, 0.3) is 0 Å². The van der Waals surface area contributed by atoms with E-state index in [2.05, 4.69) is 27.0 Å². The third kappa shape index (κ3) is 1.16. The van der Waals surface area contributed by atoms with Gasteiger partial charge in [-0.3, -0.25) is 0 Å². The van der Waals surface area contributed by atoms with Crippen LogP contribution in [0.15, 0.2) is 22.7 Å². The molecular weight excluding hydrogens is 242 g/mol. The van der Waals surface area contributed by atoms with Crippen LogP contribution in [-0.4, -0.2) is 10.1 Å². The van der Waals surface area contributed by atoms with Crippen molar-refractivity contribution in [1.82, 2.24) is 4.98 Å². The maximum absolute atomic E-state index is 9.52. The molecule has 72 valence electrons. The summed E-state index contributed by atoms with van der Waals surface area (Å²) in [6, 6.07) is 5.76. The molecule has 3 rings (SSSR count). The summed E-state index contributed by atoms with van der Waals surface area (Å²) in [7, 11) is 0. The second kappa shape index (κ2) is 2.76. The Hall–Kier alpha value is -0.960. The number of hydrogen-bond acceptors (Lipinski definition) is 1. The van der Waals surface area contributed by atoms with E-state index in [4.69, 9.17) is 0 Å². The van der Waals surface area contributed by atoms with Gasteiger partial charge in [0.15, 0.2) is 0 Å². The number of halogens is 1. The molecule has 1 aliphatic rings. The van der Waals surface area contributed by atoms with Gasteiger partial charge in [-0.2, -0.15) is 0 Å². The summed E-state index contributed by atoms with van der Waals surface area (Å²) in [5, 5.41) is 10.6. The van der Waals surface area contributed by atoms with Crippen LogP contribution in [0.25, 0.3) is 10.9 Å². The largest absolute Gasteiger partial charge is 0.507 e. The van der Waals surface area contributed by atoms with Crippen LogP contribution in [-0.2, 0) is 0 Å². The van der Waals surface area contributed by atoms with Gasteiger partial charge in [0.2, 0.25) is 0 Å². The topological polar surface area (TPSA) is 36.0 Å². The molecule has 1 aromatic carbocycles. The molecule has 0 saturated heterocycles. The lowest BCUT2D eigenvalue weighted by Crippen LogP contribution is -1.74. The predicted molar refractivity (Wildman–Crippen MR) is 59.6 cm³/mol. The minimum atomic E-state index is 0.304. The highest BCUT2D eigenvalue weighted by atomic mass is 79.9. The third-order valence-electron chi connectivity index (χ3n) is 2.76. The van der Waals surface area contributed by atoms with Gasteiger partial charge in [-0.05, 0) is 52.9 Å². The van der Waals surface area contributed by atoms with Gasteiger partial charge in [-0.25, -0.2) is 0 Å². The summed E-state index contributed by atoms with van der Waals surface area (Å²) in [5.41, 5.74) is 2.39. The molecule has 0 atom stereocenters. The van der Waals surface area contributed by atoms with E-state index in [1.165, 1.54) is 18.5 Å². The summed E-state index contributed by atoms with van der Waals surface area (Å²) >= 11 is 3.39. The van der Waals surface area contributed by atoms with E-state index in [-0.39, 0.29) is 0 Å². The van der Waals surface area contributed by atoms with Crippen LogP contribution in [0.4, 0.5) is 0 Å². The van der Waals surface area contributed by atoms with Crippen molar-refractivity contribution in [2.45, 2.75) is 18.8 Å². The van der Waals surface area contributed by atoms with E-state index in [0.717, 1.165) is 21.3 Å². The van der Waals surface area contributed by atoms with Crippen LogP contribution < -0.4 is 0 Å². The first-order valence-corrected chi connectivity index (χ1v) is 5.55. The van der Waals surface area contributed by atoms with Crippen LogP contribution >= 0.6 is 15.9 Å². The van der Waals surface area contributed by atoms with Crippen LogP contribution in [0.3, 0.4) is 0 Å². The zero-order valence-corrected chi connectivity index (χ0v) is 9.13. The number of phenolic OH excluding ortho intramolecular Hbond substituents is 1. The average molecular weight is 252 g/mol. The first-order chi connectivity index (χ1) is 6.75. The summed E-state index contributed by atoms with van der Waals surface area (Å²) in [6.07, 6.45) is 2.58. The zero-order chi connectivity index (χ0) is 9.71. The third-order valence-corrected chi connectivity index (χ3v) is 3.59. The molecule has 2 N–H and O–H groups in total. The molecule has 0 spiro atoms. The quantitative estimate of drug-likeness (QED) is 0.800. The van der Waals surface area contributed by atoms with E-state index < -0.39 is 0 Å². The van der Waals surface area contributed by atoms with Crippen LogP contribution in [0.1, 0.15) is 24.5 Å². The molecule has 3 heteroatoms. The van der Waals surface area contributed by atoms with Crippen molar-refractivity contribution in [3.05, 3.63) is 28.4 Å². The molecule has 0 unspecified atom stereocenters. The molecule has 2 nitrogen and oxygen atoms in total.